The van der Waals surface area contributed by atoms with E-state index in [-0.39, 0.29) is 0 Å². The predicted molar refractivity (Wildman–Crippen MR) is 116 cm³/mol. The lowest BCUT2D eigenvalue weighted by molar-refractivity contribution is 0.459. The molecule has 4 heterocycles. The minimum Gasteiger partial charge on any atom is -0.340 e. The topological polar surface area (TPSA) is 90.5 Å². The summed E-state index contributed by atoms with van der Waals surface area (Å²) in [5.41, 5.74) is 3.07. The molecule has 4 aromatic rings. The highest BCUT2D eigenvalue weighted by atomic mass is 19.2. The van der Waals surface area contributed by atoms with Crippen molar-refractivity contribution in [1.82, 2.24) is 25.3 Å². The van der Waals surface area contributed by atoms with Gasteiger partial charge in [-0.2, -0.15) is 0 Å². The number of halogens is 2. The van der Waals surface area contributed by atoms with E-state index in [2.05, 4.69) is 42.0 Å². The number of hydrogen-bond donors (Lipinski definition) is 4. The van der Waals surface area contributed by atoms with Gasteiger partial charge in [0.05, 0.1) is 17.2 Å². The van der Waals surface area contributed by atoms with Crippen LogP contribution in [-0.2, 0) is 0 Å². The summed E-state index contributed by atoms with van der Waals surface area (Å²) < 4.78 is 26.5. The van der Waals surface area contributed by atoms with E-state index in [9.17, 15) is 8.78 Å². The molecule has 0 amide bonds. The number of aromatic amines is 1. The van der Waals surface area contributed by atoms with Crippen LogP contribution in [0.3, 0.4) is 0 Å². The molecule has 1 saturated heterocycles. The average Bonchev–Trinajstić information content (AvgIpc) is 3.19. The van der Waals surface area contributed by atoms with Gasteiger partial charge in [0.25, 0.3) is 0 Å². The standard InChI is InChI=1S/C22H21F2N7/c23-16-3-2-15(9-17(16)24)28-21-10-18-19(12-27-21)30-22(29-18)31-20-4-1-14(11-26-20)13-5-7-25-8-6-13/h1-4,9-13,25H,5-8H2,(H,27,28)(H2,26,29,30,31). The monoisotopic (exact) mass is 421 g/mol. The number of anilines is 4. The van der Waals surface area contributed by atoms with Crippen LogP contribution in [0.25, 0.3) is 11.0 Å². The van der Waals surface area contributed by atoms with Crippen molar-refractivity contribution in [2.24, 2.45) is 0 Å². The van der Waals surface area contributed by atoms with E-state index in [1.165, 1.54) is 11.6 Å². The molecule has 1 aliphatic rings. The zero-order valence-electron chi connectivity index (χ0n) is 16.6. The maximum absolute atomic E-state index is 13.4. The number of imidazole rings is 1. The van der Waals surface area contributed by atoms with Crippen LogP contribution in [0.2, 0.25) is 0 Å². The first-order chi connectivity index (χ1) is 15.1. The molecule has 1 aromatic carbocycles. The van der Waals surface area contributed by atoms with Crippen molar-refractivity contribution in [3.05, 3.63) is 66.0 Å². The number of hydrogen-bond acceptors (Lipinski definition) is 6. The molecule has 0 aliphatic carbocycles. The lowest BCUT2D eigenvalue weighted by Crippen LogP contribution is -2.26. The maximum atomic E-state index is 13.4. The van der Waals surface area contributed by atoms with E-state index in [4.69, 9.17) is 0 Å². The molecule has 158 valence electrons. The van der Waals surface area contributed by atoms with Crippen LogP contribution < -0.4 is 16.0 Å². The Kier molecular flexibility index (Phi) is 5.17. The molecule has 1 aliphatic heterocycles. The Bertz CT molecular complexity index is 1200. The molecule has 0 bridgehead atoms. The van der Waals surface area contributed by atoms with Crippen molar-refractivity contribution in [1.29, 1.82) is 0 Å². The minimum absolute atomic E-state index is 0.401. The van der Waals surface area contributed by atoms with Crippen LogP contribution in [0.15, 0.2) is 48.8 Å². The highest BCUT2D eigenvalue weighted by molar-refractivity contribution is 5.80. The summed E-state index contributed by atoms with van der Waals surface area (Å²) in [6, 6.07) is 9.39. The number of pyridine rings is 2. The normalized spacial score (nSPS) is 14.6. The average molecular weight is 421 g/mol. The van der Waals surface area contributed by atoms with Crippen molar-refractivity contribution in [2.45, 2.75) is 18.8 Å². The summed E-state index contributed by atoms with van der Waals surface area (Å²) in [5.74, 6) is 0.459. The van der Waals surface area contributed by atoms with Gasteiger partial charge < -0.3 is 20.9 Å². The van der Waals surface area contributed by atoms with E-state index in [1.54, 1.807) is 12.3 Å². The first-order valence-corrected chi connectivity index (χ1v) is 10.2. The number of fused-ring (bicyclic) bond motifs is 1. The fraction of sp³-hybridized carbons (Fsp3) is 0.227. The first kappa shape index (κ1) is 19.4. The second-order valence-corrected chi connectivity index (χ2v) is 7.55. The summed E-state index contributed by atoms with van der Waals surface area (Å²) >= 11 is 0. The Balaban J connectivity index is 1.30. The third kappa shape index (κ3) is 4.31. The van der Waals surface area contributed by atoms with E-state index in [0.717, 1.165) is 43.6 Å². The van der Waals surface area contributed by atoms with Gasteiger partial charge >= 0.3 is 0 Å². The van der Waals surface area contributed by atoms with Crippen LogP contribution >= 0.6 is 0 Å². The molecule has 0 spiro atoms. The second-order valence-electron chi connectivity index (χ2n) is 7.55. The van der Waals surface area contributed by atoms with Crippen molar-refractivity contribution in [3.63, 3.8) is 0 Å². The molecule has 0 radical (unpaired) electrons. The summed E-state index contributed by atoms with van der Waals surface area (Å²) in [6.07, 6.45) is 5.81. The molecule has 9 heteroatoms. The van der Waals surface area contributed by atoms with Gasteiger partial charge in [-0.25, -0.2) is 23.7 Å². The number of H-pyrrole nitrogens is 1. The number of piperidine rings is 1. The summed E-state index contributed by atoms with van der Waals surface area (Å²) in [7, 11) is 0. The van der Waals surface area contributed by atoms with E-state index in [1.807, 2.05) is 12.3 Å². The summed E-state index contributed by atoms with van der Waals surface area (Å²) in [4.78, 5) is 16.5. The molecule has 4 N–H and O–H groups in total. The Morgan fingerprint density at radius 3 is 2.48 bits per heavy atom. The van der Waals surface area contributed by atoms with Gasteiger partial charge in [0, 0.05) is 24.0 Å². The van der Waals surface area contributed by atoms with Gasteiger partial charge in [0.1, 0.15) is 11.6 Å². The smallest absolute Gasteiger partial charge is 0.206 e. The van der Waals surface area contributed by atoms with Crippen LogP contribution in [-0.4, -0.2) is 33.0 Å². The van der Waals surface area contributed by atoms with Gasteiger partial charge in [-0.1, -0.05) is 6.07 Å². The van der Waals surface area contributed by atoms with E-state index in [0.29, 0.717) is 34.7 Å². The van der Waals surface area contributed by atoms with E-state index >= 15 is 0 Å². The minimum atomic E-state index is -0.920. The number of benzene rings is 1. The Hall–Kier alpha value is -3.59. The maximum Gasteiger partial charge on any atom is 0.206 e. The highest BCUT2D eigenvalue weighted by Crippen LogP contribution is 2.26. The van der Waals surface area contributed by atoms with Crippen LogP contribution in [0, 0.1) is 11.6 Å². The van der Waals surface area contributed by atoms with Crippen molar-refractivity contribution >= 4 is 34.3 Å². The zero-order valence-corrected chi connectivity index (χ0v) is 16.6. The Morgan fingerprint density at radius 2 is 1.71 bits per heavy atom. The molecule has 0 saturated carbocycles. The lowest BCUT2D eigenvalue weighted by Gasteiger charge is -2.22. The third-order valence-electron chi connectivity index (χ3n) is 5.40. The van der Waals surface area contributed by atoms with Crippen molar-refractivity contribution in [2.75, 3.05) is 23.7 Å². The van der Waals surface area contributed by atoms with E-state index < -0.39 is 11.6 Å². The second kappa shape index (κ2) is 8.27. The molecule has 31 heavy (non-hydrogen) atoms. The van der Waals surface area contributed by atoms with Gasteiger partial charge in [-0.3, -0.25) is 0 Å². The quantitative estimate of drug-likeness (QED) is 0.377. The van der Waals surface area contributed by atoms with Gasteiger partial charge in [-0.15, -0.1) is 0 Å². The fourth-order valence-electron chi connectivity index (χ4n) is 3.76. The molecule has 7 nitrogen and oxygen atoms in total. The molecule has 3 aromatic heterocycles. The largest absolute Gasteiger partial charge is 0.340 e. The molecule has 0 unspecified atom stereocenters. The van der Waals surface area contributed by atoms with Crippen molar-refractivity contribution < 1.29 is 8.78 Å². The highest BCUT2D eigenvalue weighted by Gasteiger charge is 2.15. The number of nitrogens with zero attached hydrogens (tertiary/aromatic N) is 3. The number of aromatic nitrogens is 4. The molecule has 0 atom stereocenters. The summed E-state index contributed by atoms with van der Waals surface area (Å²) in [6.45, 7) is 2.09. The third-order valence-corrected chi connectivity index (χ3v) is 5.40. The van der Waals surface area contributed by atoms with Crippen LogP contribution in [0.4, 0.5) is 32.1 Å². The lowest BCUT2D eigenvalue weighted by atomic mass is 9.91. The van der Waals surface area contributed by atoms with Gasteiger partial charge in [0.2, 0.25) is 5.95 Å². The van der Waals surface area contributed by atoms with Crippen molar-refractivity contribution in [3.8, 4) is 0 Å². The predicted octanol–water partition coefficient (Wildman–Crippen LogP) is 4.59. The Morgan fingerprint density at radius 1 is 0.871 bits per heavy atom. The molecular formula is C22H21F2N7. The Labute approximate surface area is 177 Å². The number of nitrogens with one attached hydrogen (secondary N) is 4. The fourth-order valence-corrected chi connectivity index (χ4v) is 3.76. The van der Waals surface area contributed by atoms with Gasteiger partial charge in [-0.05, 0) is 55.6 Å². The van der Waals surface area contributed by atoms with Gasteiger partial charge in [0.15, 0.2) is 11.6 Å². The molecule has 1 fully saturated rings. The SMILES string of the molecule is Fc1ccc(Nc2cc3nc(Nc4ccc(C5CCNCC5)cn4)[nH]c3cn2)cc1F. The van der Waals surface area contributed by atoms with Crippen LogP contribution in [0.5, 0.6) is 0 Å². The molecule has 5 rings (SSSR count). The zero-order chi connectivity index (χ0) is 21.2. The molecular weight excluding hydrogens is 400 g/mol. The number of rotatable bonds is 5. The first-order valence-electron chi connectivity index (χ1n) is 10.2. The van der Waals surface area contributed by atoms with Crippen LogP contribution in [0.1, 0.15) is 24.3 Å². The summed E-state index contributed by atoms with van der Waals surface area (Å²) in [5, 5.41) is 9.51.